The first-order valence-corrected chi connectivity index (χ1v) is 13.4. The van der Waals surface area contributed by atoms with Crippen LogP contribution in [0, 0.1) is 5.92 Å². The maximum Gasteiger partial charge on any atom is 0.336 e. The van der Waals surface area contributed by atoms with Gasteiger partial charge < -0.3 is 35.1 Å². The molecule has 1 aromatic rings. The van der Waals surface area contributed by atoms with E-state index in [1.165, 1.54) is 30.3 Å². The standard InChI is InChI=1S/C30H28N2O13/c33-21-7-23-19(5-15(21)9-31(11-25(35)36)12-26(37)38)29(17-3-1-2-4-18(17)30(43)44)20-6-16(22(34)8-24(20)45-23)10-32(13-27(39)40)14-28(41)42/h1-5,7-8,16,34H,6,9-14H2,(H,35,36)(H,37,38)(H,39,40)(H,41,42)(H,43,44). The van der Waals surface area contributed by atoms with Gasteiger partial charge in [0.2, 0.25) is 0 Å². The van der Waals surface area contributed by atoms with Crippen molar-refractivity contribution < 1.29 is 59.0 Å². The van der Waals surface area contributed by atoms with E-state index in [1.54, 1.807) is 6.07 Å². The zero-order chi connectivity index (χ0) is 33.0. The molecular formula is C30H28N2O13. The van der Waals surface area contributed by atoms with Crippen molar-refractivity contribution in [2.75, 3.05) is 32.7 Å². The quantitative estimate of drug-likeness (QED) is 0.149. The average molecular weight is 625 g/mol. The molecule has 0 amide bonds. The van der Waals surface area contributed by atoms with Crippen molar-refractivity contribution in [3.63, 3.8) is 0 Å². The van der Waals surface area contributed by atoms with E-state index >= 15 is 0 Å². The topological polar surface area (TPSA) is 243 Å². The van der Waals surface area contributed by atoms with Gasteiger partial charge >= 0.3 is 29.8 Å². The van der Waals surface area contributed by atoms with E-state index in [-0.39, 0.29) is 59.0 Å². The summed E-state index contributed by atoms with van der Waals surface area (Å²) in [4.78, 5) is 73.0. The van der Waals surface area contributed by atoms with Crippen LogP contribution in [0.3, 0.4) is 0 Å². The van der Waals surface area contributed by atoms with E-state index < -0.39 is 67.4 Å². The summed E-state index contributed by atoms with van der Waals surface area (Å²) < 4.78 is 5.98. The number of carbonyl (C=O) groups is 5. The normalized spacial score (nSPS) is 14.3. The zero-order valence-corrected chi connectivity index (χ0v) is 23.5. The number of hydrogen-bond acceptors (Lipinski definition) is 10. The molecule has 0 aromatic heterocycles. The monoisotopic (exact) mass is 624 g/mol. The zero-order valence-electron chi connectivity index (χ0n) is 23.5. The fourth-order valence-electron chi connectivity index (χ4n) is 5.42. The first-order valence-electron chi connectivity index (χ1n) is 13.4. The molecule has 1 atom stereocenters. The first-order chi connectivity index (χ1) is 21.2. The molecule has 15 nitrogen and oxygen atoms in total. The van der Waals surface area contributed by atoms with Crippen molar-refractivity contribution in [3.8, 4) is 22.5 Å². The molecule has 0 fully saturated rings. The van der Waals surface area contributed by atoms with Crippen LogP contribution in [0.1, 0.15) is 27.2 Å². The van der Waals surface area contributed by atoms with Gasteiger partial charge in [-0.15, -0.1) is 0 Å². The van der Waals surface area contributed by atoms with Crippen LogP contribution in [0.4, 0.5) is 0 Å². The molecule has 0 radical (unpaired) electrons. The highest BCUT2D eigenvalue weighted by Crippen LogP contribution is 2.44. The maximum absolute atomic E-state index is 13.1. The summed E-state index contributed by atoms with van der Waals surface area (Å²) in [6.45, 7) is -3.17. The Labute approximate surface area is 253 Å². The van der Waals surface area contributed by atoms with Gasteiger partial charge in [-0.2, -0.15) is 0 Å². The lowest BCUT2D eigenvalue weighted by atomic mass is 9.82. The summed E-state index contributed by atoms with van der Waals surface area (Å²) in [5, 5.41) is 57.9. The largest absolute Gasteiger partial charge is 0.512 e. The Morgan fingerprint density at radius 3 is 1.96 bits per heavy atom. The smallest absolute Gasteiger partial charge is 0.336 e. The Kier molecular flexibility index (Phi) is 9.64. The molecule has 0 saturated heterocycles. The lowest BCUT2D eigenvalue weighted by Crippen LogP contribution is -2.39. The first kappa shape index (κ1) is 32.4. The Morgan fingerprint density at radius 2 is 1.38 bits per heavy atom. The third-order valence-electron chi connectivity index (χ3n) is 7.13. The number of rotatable bonds is 14. The Bertz CT molecular complexity index is 1710. The predicted octanol–water partition coefficient (Wildman–Crippen LogP) is 1.62. The molecule has 3 aliphatic rings. The predicted molar refractivity (Wildman–Crippen MR) is 154 cm³/mol. The van der Waals surface area contributed by atoms with E-state index in [9.17, 15) is 59.4 Å². The van der Waals surface area contributed by atoms with Crippen LogP contribution >= 0.6 is 0 Å². The highest BCUT2D eigenvalue weighted by molar-refractivity contribution is 6.00. The van der Waals surface area contributed by atoms with Crippen LogP contribution in [0.25, 0.3) is 28.5 Å². The summed E-state index contributed by atoms with van der Waals surface area (Å²) in [5.41, 5.74) is 0.406. The molecule has 1 heterocycles. The van der Waals surface area contributed by atoms with Crippen LogP contribution in [0.5, 0.6) is 0 Å². The molecule has 0 bridgehead atoms. The van der Waals surface area contributed by atoms with Gasteiger partial charge in [-0.1, -0.05) is 18.2 Å². The van der Waals surface area contributed by atoms with Gasteiger partial charge in [0.05, 0.1) is 31.7 Å². The number of aliphatic hydroxyl groups is 1. The molecule has 236 valence electrons. The SMILES string of the molecule is O=C(O)CN(CC(=O)O)Cc1cc2c(-c3ccccc3C(=O)O)c3c(oc-2cc1=O)C=C(O)C(CN(CC(=O)O)CC(=O)O)C3. The molecular weight excluding hydrogens is 596 g/mol. The molecule has 0 saturated carbocycles. The minimum Gasteiger partial charge on any atom is -0.512 e. The number of benzene rings is 2. The molecule has 45 heavy (non-hydrogen) atoms. The Morgan fingerprint density at radius 1 is 0.800 bits per heavy atom. The third kappa shape index (κ3) is 7.70. The summed E-state index contributed by atoms with van der Waals surface area (Å²) in [6.07, 6.45) is 1.20. The van der Waals surface area contributed by atoms with Crippen LogP contribution in [-0.4, -0.2) is 103 Å². The van der Waals surface area contributed by atoms with E-state index in [0.717, 1.165) is 15.9 Å². The summed E-state index contributed by atoms with van der Waals surface area (Å²) >= 11 is 0. The van der Waals surface area contributed by atoms with Gasteiger partial charge in [0, 0.05) is 53.4 Å². The van der Waals surface area contributed by atoms with Crippen molar-refractivity contribution in [3.05, 3.63) is 74.8 Å². The highest BCUT2D eigenvalue weighted by atomic mass is 16.4. The molecule has 0 spiro atoms. The van der Waals surface area contributed by atoms with Crippen molar-refractivity contribution in [1.29, 1.82) is 0 Å². The molecule has 4 rings (SSSR count). The highest BCUT2D eigenvalue weighted by Gasteiger charge is 2.32. The third-order valence-corrected chi connectivity index (χ3v) is 7.13. The average Bonchev–Trinajstić information content (AvgIpc) is 2.91. The summed E-state index contributed by atoms with van der Waals surface area (Å²) in [5.74, 6) is -7.48. The Hall–Kier alpha value is -5.54. The number of fused-ring (bicyclic) bond motifs is 2. The Balaban J connectivity index is 1.93. The fourth-order valence-corrected chi connectivity index (χ4v) is 5.42. The van der Waals surface area contributed by atoms with Crippen molar-refractivity contribution >= 4 is 35.9 Å². The van der Waals surface area contributed by atoms with Gasteiger partial charge in [0.15, 0.2) is 5.43 Å². The number of aliphatic carboxylic acids is 4. The second kappa shape index (κ2) is 13.4. The van der Waals surface area contributed by atoms with Crippen LogP contribution in [0.2, 0.25) is 0 Å². The molecule has 1 aliphatic heterocycles. The van der Waals surface area contributed by atoms with Gasteiger partial charge in [0.1, 0.15) is 17.3 Å². The molecule has 1 unspecified atom stereocenters. The lowest BCUT2D eigenvalue weighted by molar-refractivity contribution is -0.144. The summed E-state index contributed by atoms with van der Waals surface area (Å²) in [6, 6.07) is 8.47. The van der Waals surface area contributed by atoms with E-state index in [1.807, 2.05) is 0 Å². The second-order valence-corrected chi connectivity index (χ2v) is 10.5. The van der Waals surface area contributed by atoms with E-state index in [2.05, 4.69) is 0 Å². The van der Waals surface area contributed by atoms with Gasteiger partial charge in [-0.05, 0) is 24.1 Å². The van der Waals surface area contributed by atoms with Crippen molar-refractivity contribution in [1.82, 2.24) is 9.80 Å². The minimum atomic E-state index is -1.32. The van der Waals surface area contributed by atoms with Crippen LogP contribution in [-0.2, 0) is 32.1 Å². The van der Waals surface area contributed by atoms with Gasteiger partial charge in [-0.3, -0.25) is 33.8 Å². The maximum atomic E-state index is 13.1. The van der Waals surface area contributed by atoms with Crippen LogP contribution < -0.4 is 5.43 Å². The summed E-state index contributed by atoms with van der Waals surface area (Å²) in [7, 11) is 0. The van der Waals surface area contributed by atoms with Crippen LogP contribution in [0.15, 0.2) is 51.4 Å². The minimum absolute atomic E-state index is 0.00147. The number of nitrogens with zero attached hydrogens (tertiary/aromatic N) is 2. The van der Waals surface area contributed by atoms with Gasteiger partial charge in [0.25, 0.3) is 0 Å². The molecule has 2 aliphatic carbocycles. The van der Waals surface area contributed by atoms with Gasteiger partial charge in [-0.25, -0.2) is 4.79 Å². The van der Waals surface area contributed by atoms with E-state index in [4.69, 9.17) is 4.42 Å². The molecule has 6 N–H and O–H groups in total. The lowest BCUT2D eigenvalue weighted by Gasteiger charge is -2.30. The second-order valence-electron chi connectivity index (χ2n) is 10.5. The number of carboxylic acids is 5. The molecule has 15 heteroatoms. The number of hydrogen-bond donors (Lipinski definition) is 6. The molecule has 1 aromatic carbocycles. The number of carboxylic acid groups (broad SMARTS) is 5. The fraction of sp³-hybridized carbons (Fsp3) is 0.267. The number of aromatic carboxylic acids is 1. The number of aliphatic hydroxyl groups excluding tert-OH is 1. The van der Waals surface area contributed by atoms with Crippen molar-refractivity contribution in [2.24, 2.45) is 5.92 Å². The van der Waals surface area contributed by atoms with E-state index in [0.29, 0.717) is 11.1 Å². The van der Waals surface area contributed by atoms with Crippen molar-refractivity contribution in [2.45, 2.75) is 13.0 Å².